The number of anilines is 1. The molecule has 0 radical (unpaired) electrons. The number of methoxy groups -OCH3 is 1. The maximum Gasteiger partial charge on any atom is 0.254 e. The first-order valence-electron chi connectivity index (χ1n) is 4.85. The van der Waals surface area contributed by atoms with E-state index in [2.05, 4.69) is 0 Å². The summed E-state index contributed by atoms with van der Waals surface area (Å²) in [5.41, 5.74) is 0.894. The Hall–Kier alpha value is -1.77. The molecule has 0 bridgehead atoms. The van der Waals surface area contributed by atoms with E-state index in [1.807, 2.05) is 37.3 Å². The molecule has 0 aliphatic carbocycles. The summed E-state index contributed by atoms with van der Waals surface area (Å²) in [6, 6.07) is 9.55. The third-order valence-corrected chi connectivity index (χ3v) is 2.00. The Labute approximate surface area is 90.0 Å². The summed E-state index contributed by atoms with van der Waals surface area (Å²) in [4.78, 5) is 13.4. The summed E-state index contributed by atoms with van der Waals surface area (Å²) < 4.78 is 4.71. The van der Waals surface area contributed by atoms with E-state index in [1.165, 1.54) is 19.4 Å². The van der Waals surface area contributed by atoms with Crippen LogP contribution in [0.4, 0.5) is 5.69 Å². The lowest BCUT2D eigenvalue weighted by Crippen LogP contribution is -2.28. The topological polar surface area (TPSA) is 29.5 Å². The van der Waals surface area contributed by atoms with Crippen molar-refractivity contribution >= 4 is 11.6 Å². The molecule has 1 rings (SSSR count). The van der Waals surface area contributed by atoms with Crippen molar-refractivity contribution < 1.29 is 9.53 Å². The minimum absolute atomic E-state index is 0.0782. The summed E-state index contributed by atoms with van der Waals surface area (Å²) in [5, 5.41) is 0. The molecule has 0 N–H and O–H groups in total. The third kappa shape index (κ3) is 3.13. The lowest BCUT2D eigenvalue weighted by molar-refractivity contribution is -0.114. The van der Waals surface area contributed by atoms with E-state index < -0.39 is 0 Å². The van der Waals surface area contributed by atoms with Crippen LogP contribution in [0.1, 0.15) is 6.92 Å². The molecule has 0 saturated heterocycles. The summed E-state index contributed by atoms with van der Waals surface area (Å²) >= 11 is 0. The van der Waals surface area contributed by atoms with Gasteiger partial charge in [-0.25, -0.2) is 0 Å². The lowest BCUT2D eigenvalue weighted by Gasteiger charge is -2.18. The van der Waals surface area contributed by atoms with Crippen LogP contribution in [0.25, 0.3) is 0 Å². The van der Waals surface area contributed by atoms with Crippen molar-refractivity contribution in [2.75, 3.05) is 18.6 Å². The Morgan fingerprint density at radius 2 is 2.07 bits per heavy atom. The van der Waals surface area contributed by atoms with Crippen molar-refractivity contribution in [1.29, 1.82) is 0 Å². The molecule has 0 saturated carbocycles. The molecule has 0 heterocycles. The molecule has 1 amide bonds. The number of benzene rings is 1. The molecule has 3 nitrogen and oxygen atoms in total. The quantitative estimate of drug-likeness (QED) is 0.557. The molecule has 1 aromatic carbocycles. The number of carbonyl (C=O) groups excluding carboxylic acids is 1. The van der Waals surface area contributed by atoms with Gasteiger partial charge in [-0.2, -0.15) is 0 Å². The number of para-hydroxylation sites is 1. The Kier molecular flexibility index (Phi) is 4.41. The zero-order valence-electron chi connectivity index (χ0n) is 9.01. The first-order valence-corrected chi connectivity index (χ1v) is 4.85. The number of carbonyl (C=O) groups is 1. The van der Waals surface area contributed by atoms with E-state index in [-0.39, 0.29) is 5.91 Å². The van der Waals surface area contributed by atoms with Crippen LogP contribution in [0.2, 0.25) is 0 Å². The van der Waals surface area contributed by atoms with Crippen molar-refractivity contribution in [3.63, 3.8) is 0 Å². The van der Waals surface area contributed by atoms with Crippen LogP contribution in [-0.2, 0) is 9.53 Å². The highest BCUT2D eigenvalue weighted by atomic mass is 16.5. The Balaban J connectivity index is 2.80. The Bertz CT molecular complexity index is 333. The molecule has 0 spiro atoms. The normalized spacial score (nSPS) is 10.3. The van der Waals surface area contributed by atoms with Crippen LogP contribution in [0.5, 0.6) is 0 Å². The van der Waals surface area contributed by atoms with Gasteiger partial charge in [0.25, 0.3) is 5.91 Å². The molecule has 0 aliphatic rings. The third-order valence-electron chi connectivity index (χ3n) is 2.00. The van der Waals surface area contributed by atoms with E-state index >= 15 is 0 Å². The number of ether oxygens (including phenoxy) is 1. The van der Waals surface area contributed by atoms with Crippen LogP contribution in [0, 0.1) is 0 Å². The van der Waals surface area contributed by atoms with Crippen molar-refractivity contribution in [2.45, 2.75) is 6.92 Å². The van der Waals surface area contributed by atoms with E-state index in [0.29, 0.717) is 6.54 Å². The SMILES string of the molecule is CCN(C(=O)C=COC)c1ccccc1. The van der Waals surface area contributed by atoms with E-state index in [9.17, 15) is 4.79 Å². The van der Waals surface area contributed by atoms with Gasteiger partial charge in [-0.3, -0.25) is 4.79 Å². The number of amides is 1. The highest BCUT2D eigenvalue weighted by molar-refractivity contribution is 6.01. The summed E-state index contributed by atoms with van der Waals surface area (Å²) in [7, 11) is 1.52. The molecule has 0 aliphatic heterocycles. The Morgan fingerprint density at radius 1 is 1.40 bits per heavy atom. The van der Waals surface area contributed by atoms with E-state index in [0.717, 1.165) is 5.69 Å². The minimum Gasteiger partial charge on any atom is -0.504 e. The smallest absolute Gasteiger partial charge is 0.254 e. The van der Waals surface area contributed by atoms with Crippen LogP contribution in [0.3, 0.4) is 0 Å². The highest BCUT2D eigenvalue weighted by Gasteiger charge is 2.09. The maximum absolute atomic E-state index is 11.7. The molecule has 0 fully saturated rings. The summed E-state index contributed by atoms with van der Waals surface area (Å²) in [6.45, 7) is 2.57. The number of nitrogens with zero attached hydrogens (tertiary/aromatic N) is 1. The fourth-order valence-corrected chi connectivity index (χ4v) is 1.29. The van der Waals surface area contributed by atoms with Gasteiger partial charge in [0.1, 0.15) is 0 Å². The fourth-order valence-electron chi connectivity index (χ4n) is 1.29. The zero-order chi connectivity index (χ0) is 11.1. The van der Waals surface area contributed by atoms with Crippen molar-refractivity contribution in [3.05, 3.63) is 42.7 Å². The van der Waals surface area contributed by atoms with Gasteiger partial charge in [0.05, 0.1) is 13.4 Å². The van der Waals surface area contributed by atoms with Crippen LogP contribution < -0.4 is 4.90 Å². The predicted molar refractivity (Wildman–Crippen MR) is 60.6 cm³/mol. The van der Waals surface area contributed by atoms with Gasteiger partial charge in [0, 0.05) is 18.3 Å². The van der Waals surface area contributed by atoms with Gasteiger partial charge >= 0.3 is 0 Å². The maximum atomic E-state index is 11.7. The van der Waals surface area contributed by atoms with Gasteiger partial charge < -0.3 is 9.64 Å². The summed E-state index contributed by atoms with van der Waals surface area (Å²) in [6.07, 6.45) is 2.80. The molecular formula is C12H15NO2. The monoisotopic (exact) mass is 205 g/mol. The second kappa shape index (κ2) is 5.86. The largest absolute Gasteiger partial charge is 0.504 e. The van der Waals surface area contributed by atoms with Crippen LogP contribution in [0.15, 0.2) is 42.7 Å². The molecule has 0 aromatic heterocycles. The van der Waals surface area contributed by atoms with Crippen molar-refractivity contribution in [2.24, 2.45) is 0 Å². The molecular weight excluding hydrogens is 190 g/mol. The highest BCUT2D eigenvalue weighted by Crippen LogP contribution is 2.13. The van der Waals surface area contributed by atoms with Crippen molar-refractivity contribution in [3.8, 4) is 0 Å². The molecule has 3 heteroatoms. The average Bonchev–Trinajstić information content (AvgIpc) is 2.29. The van der Waals surface area contributed by atoms with Gasteiger partial charge in [-0.05, 0) is 19.1 Å². The second-order valence-electron chi connectivity index (χ2n) is 2.96. The molecule has 15 heavy (non-hydrogen) atoms. The van der Waals surface area contributed by atoms with Gasteiger partial charge in [0.15, 0.2) is 0 Å². The van der Waals surface area contributed by atoms with E-state index in [1.54, 1.807) is 4.90 Å². The lowest BCUT2D eigenvalue weighted by atomic mass is 10.3. The standard InChI is InChI=1S/C12H15NO2/c1-3-13(12(14)9-10-15-2)11-7-5-4-6-8-11/h4-10H,3H2,1-2H3. The molecule has 80 valence electrons. The van der Waals surface area contributed by atoms with Crippen molar-refractivity contribution in [1.82, 2.24) is 0 Å². The fraction of sp³-hybridized carbons (Fsp3) is 0.250. The first kappa shape index (κ1) is 11.3. The van der Waals surface area contributed by atoms with Crippen LogP contribution in [-0.4, -0.2) is 19.6 Å². The molecule has 1 aromatic rings. The summed E-state index contributed by atoms with van der Waals surface area (Å²) in [5.74, 6) is -0.0782. The number of hydrogen-bond acceptors (Lipinski definition) is 2. The number of hydrogen-bond donors (Lipinski definition) is 0. The zero-order valence-corrected chi connectivity index (χ0v) is 9.01. The predicted octanol–water partition coefficient (Wildman–Crippen LogP) is 2.20. The van der Waals surface area contributed by atoms with Crippen LogP contribution >= 0.6 is 0 Å². The average molecular weight is 205 g/mol. The number of likely N-dealkylation sites (N-methyl/N-ethyl adjacent to an activating group) is 1. The molecule has 0 atom stereocenters. The van der Waals surface area contributed by atoms with Gasteiger partial charge in [-0.15, -0.1) is 0 Å². The second-order valence-corrected chi connectivity index (χ2v) is 2.96. The minimum atomic E-state index is -0.0782. The Morgan fingerprint density at radius 3 is 2.60 bits per heavy atom. The number of rotatable bonds is 4. The van der Waals surface area contributed by atoms with E-state index in [4.69, 9.17) is 4.74 Å². The van der Waals surface area contributed by atoms with Gasteiger partial charge in [0.2, 0.25) is 0 Å². The first-order chi connectivity index (χ1) is 7.29. The molecule has 0 unspecified atom stereocenters. The van der Waals surface area contributed by atoms with Gasteiger partial charge in [-0.1, -0.05) is 18.2 Å².